The second-order valence-corrected chi connectivity index (χ2v) is 16.4. The molecule has 4 saturated carbocycles. The van der Waals surface area contributed by atoms with Gasteiger partial charge in [0.2, 0.25) is 0 Å². The first-order valence-electron chi connectivity index (χ1n) is 16.8. The quantitative estimate of drug-likeness (QED) is 0.111. The summed E-state index contributed by atoms with van der Waals surface area (Å²) < 4.78 is 81.2. The summed E-state index contributed by atoms with van der Waals surface area (Å²) in [5.41, 5.74) is 0.0471. The molecule has 43 heavy (non-hydrogen) atoms. The van der Waals surface area contributed by atoms with Gasteiger partial charge in [0, 0.05) is 25.9 Å². The number of carbonyl (C=O) groups is 1. The van der Waals surface area contributed by atoms with Crippen molar-refractivity contribution in [2.75, 3.05) is 18.1 Å². The molecule has 4 rings (SSSR count). The number of aliphatic hydroxyl groups is 1. The van der Waals surface area contributed by atoms with Gasteiger partial charge >= 0.3 is 12.1 Å². The summed E-state index contributed by atoms with van der Waals surface area (Å²) in [6.07, 6.45) is 6.79. The van der Waals surface area contributed by atoms with Crippen molar-refractivity contribution in [3.05, 3.63) is 0 Å². The van der Waals surface area contributed by atoms with E-state index in [1.807, 2.05) is 0 Å². The van der Waals surface area contributed by atoms with Crippen LogP contribution in [0.2, 0.25) is 0 Å². The van der Waals surface area contributed by atoms with Crippen LogP contribution in [0, 0.1) is 34.5 Å². The van der Waals surface area contributed by atoms with E-state index in [9.17, 15) is 36.4 Å². The van der Waals surface area contributed by atoms with E-state index in [-0.39, 0.29) is 28.8 Å². The molecule has 0 heterocycles. The van der Waals surface area contributed by atoms with Crippen LogP contribution in [0.5, 0.6) is 0 Å². The van der Waals surface area contributed by atoms with Crippen molar-refractivity contribution in [3.8, 4) is 0 Å². The lowest BCUT2D eigenvalue weighted by Gasteiger charge is -2.62. The van der Waals surface area contributed by atoms with Gasteiger partial charge in [-0.15, -0.1) is 0 Å². The topological polar surface area (TPSA) is 69.6 Å². The Morgan fingerprint density at radius 3 is 2.26 bits per heavy atom. The van der Waals surface area contributed by atoms with E-state index >= 15 is 0 Å². The lowest BCUT2D eigenvalue weighted by molar-refractivity contribution is -0.284. The average molecular weight is 641 g/mol. The maximum absolute atomic E-state index is 13.0. The number of ketones is 1. The molecule has 0 aromatic rings. The zero-order chi connectivity index (χ0) is 31.5. The highest BCUT2D eigenvalue weighted by atomic mass is 32.2. The molecule has 0 aliphatic heterocycles. The third-order valence-corrected chi connectivity index (χ3v) is 13.5. The van der Waals surface area contributed by atoms with Crippen LogP contribution < -0.4 is 0 Å². The Morgan fingerprint density at radius 1 is 0.907 bits per heavy atom. The molecule has 4 nitrogen and oxygen atoms in total. The SMILES string of the molecule is C[C@]12CCC(=O)C[C@@H]1CC[C@@H]1[C@@H]2[C@@H](OCCCCCCCCC[S+]([O-])CCCC(F)(F)C(F)(F)F)C[C@]2(C)[C@@H](O)CC[C@@H]12. The first-order valence-corrected chi connectivity index (χ1v) is 18.3. The van der Waals surface area contributed by atoms with Crippen LogP contribution in [0.25, 0.3) is 0 Å². The molecule has 9 atom stereocenters. The molecular weight excluding hydrogens is 587 g/mol. The minimum absolute atomic E-state index is 0.0860. The summed E-state index contributed by atoms with van der Waals surface area (Å²) in [7, 11) is 0. The minimum atomic E-state index is -5.55. The molecule has 0 saturated heterocycles. The summed E-state index contributed by atoms with van der Waals surface area (Å²) in [6, 6.07) is 0. The van der Waals surface area contributed by atoms with Crippen LogP contribution in [0.4, 0.5) is 22.0 Å². The van der Waals surface area contributed by atoms with E-state index in [0.29, 0.717) is 61.1 Å². The van der Waals surface area contributed by atoms with E-state index in [1.54, 1.807) is 0 Å². The van der Waals surface area contributed by atoms with Crippen molar-refractivity contribution in [1.82, 2.24) is 0 Å². The molecule has 0 aromatic carbocycles. The monoisotopic (exact) mass is 640 g/mol. The van der Waals surface area contributed by atoms with E-state index in [4.69, 9.17) is 4.74 Å². The molecule has 0 radical (unpaired) electrons. The van der Waals surface area contributed by atoms with Gasteiger partial charge in [-0.25, -0.2) is 0 Å². The Balaban J connectivity index is 1.13. The molecule has 1 unspecified atom stereocenters. The number of unbranched alkanes of at least 4 members (excludes halogenated alkanes) is 6. The molecular formula is C33H53F5O4S. The predicted octanol–water partition coefficient (Wildman–Crippen LogP) is 8.41. The average Bonchev–Trinajstić information content (AvgIpc) is 3.22. The zero-order valence-electron chi connectivity index (χ0n) is 26.1. The van der Waals surface area contributed by atoms with Gasteiger partial charge in [0.25, 0.3) is 0 Å². The third-order valence-electron chi connectivity index (χ3n) is 12.0. The molecule has 4 aliphatic rings. The van der Waals surface area contributed by atoms with Crippen LogP contribution in [-0.4, -0.2) is 57.9 Å². The fourth-order valence-corrected chi connectivity index (χ4v) is 10.6. The Kier molecular flexibility index (Phi) is 12.0. The maximum atomic E-state index is 13.0. The molecule has 4 fully saturated rings. The van der Waals surface area contributed by atoms with Gasteiger partial charge in [0.15, 0.2) is 0 Å². The number of fused-ring (bicyclic) bond motifs is 5. The van der Waals surface area contributed by atoms with Crippen LogP contribution in [0.1, 0.15) is 123 Å². The number of ether oxygens (including phenoxy) is 1. The summed E-state index contributed by atoms with van der Waals surface area (Å²) in [5.74, 6) is -2.07. The minimum Gasteiger partial charge on any atom is -0.616 e. The summed E-state index contributed by atoms with van der Waals surface area (Å²) in [5, 5.41) is 11.0. The lowest BCUT2D eigenvalue weighted by Crippen LogP contribution is -2.60. The number of carbonyl (C=O) groups excluding carboxylic acids is 1. The van der Waals surface area contributed by atoms with Gasteiger partial charge in [0.1, 0.15) is 17.3 Å². The molecule has 250 valence electrons. The molecule has 4 aliphatic carbocycles. The van der Waals surface area contributed by atoms with Crippen molar-refractivity contribution < 1.29 is 41.1 Å². The highest BCUT2D eigenvalue weighted by Crippen LogP contribution is 2.66. The van der Waals surface area contributed by atoms with Gasteiger partial charge in [-0.3, -0.25) is 4.79 Å². The Bertz CT molecular complexity index is 918. The van der Waals surface area contributed by atoms with E-state index in [2.05, 4.69) is 13.8 Å². The third kappa shape index (κ3) is 8.10. The fourth-order valence-electron chi connectivity index (χ4n) is 9.45. The van der Waals surface area contributed by atoms with Crippen molar-refractivity contribution in [2.24, 2.45) is 34.5 Å². The number of aliphatic hydroxyl groups excluding tert-OH is 1. The number of alkyl halides is 5. The summed E-state index contributed by atoms with van der Waals surface area (Å²) >= 11 is -1.36. The molecule has 0 amide bonds. The van der Waals surface area contributed by atoms with Crippen molar-refractivity contribution in [2.45, 2.75) is 147 Å². The summed E-state index contributed by atoms with van der Waals surface area (Å²) in [6.45, 7) is 5.41. The highest BCUT2D eigenvalue weighted by molar-refractivity contribution is 7.91. The van der Waals surface area contributed by atoms with Crippen LogP contribution in [0.3, 0.4) is 0 Å². The standard InChI is InChI=1S/C33H53F5O4S/c1-30-17-15-24(39)21-23(30)11-12-25-26-13-14-28(40)31(26,2)22-27(29(25)30)42-18-8-6-4-3-5-7-9-19-43(41)20-10-16-32(34,35)33(36,37)38/h23,25-29,40H,3-22H2,1-2H3/t23-,25-,26-,27-,28-,29+,30-,31-,43?/m0/s1. The van der Waals surface area contributed by atoms with Gasteiger partial charge < -0.3 is 14.4 Å². The Hall–Kier alpha value is -0.450. The van der Waals surface area contributed by atoms with E-state index < -0.39 is 36.1 Å². The normalized spacial score (nSPS) is 37.1. The van der Waals surface area contributed by atoms with Gasteiger partial charge in [-0.2, -0.15) is 22.0 Å². The Labute approximate surface area is 257 Å². The van der Waals surface area contributed by atoms with E-state index in [1.165, 1.54) is 0 Å². The van der Waals surface area contributed by atoms with Gasteiger partial charge in [-0.05, 0) is 98.7 Å². The molecule has 0 spiro atoms. The smallest absolute Gasteiger partial charge is 0.453 e. The second kappa shape index (κ2) is 14.5. The number of halogens is 5. The summed E-state index contributed by atoms with van der Waals surface area (Å²) in [4.78, 5) is 12.3. The number of rotatable bonds is 15. The number of hydrogen-bond acceptors (Lipinski definition) is 4. The first-order chi connectivity index (χ1) is 20.2. The number of Topliss-reactive ketones (excluding diaryl/α,β-unsaturated/α-hetero) is 1. The lowest BCUT2D eigenvalue weighted by atomic mass is 9.44. The molecule has 1 N–H and O–H groups in total. The fraction of sp³-hybridized carbons (Fsp3) is 0.970. The van der Waals surface area contributed by atoms with Crippen molar-refractivity contribution in [1.29, 1.82) is 0 Å². The molecule has 0 aromatic heterocycles. The number of hydrogen-bond donors (Lipinski definition) is 1. The van der Waals surface area contributed by atoms with Gasteiger partial charge in [-0.1, -0.05) is 50.7 Å². The maximum Gasteiger partial charge on any atom is 0.453 e. The van der Waals surface area contributed by atoms with Crippen molar-refractivity contribution >= 4 is 17.0 Å². The zero-order valence-corrected chi connectivity index (χ0v) is 26.9. The van der Waals surface area contributed by atoms with Crippen LogP contribution >= 0.6 is 0 Å². The highest BCUT2D eigenvalue weighted by Gasteiger charge is 2.63. The van der Waals surface area contributed by atoms with Crippen LogP contribution in [0.15, 0.2) is 0 Å². The largest absolute Gasteiger partial charge is 0.616 e. The first kappa shape index (κ1) is 35.4. The second-order valence-electron chi connectivity index (χ2n) is 14.7. The Morgan fingerprint density at radius 2 is 1.56 bits per heavy atom. The molecule has 10 heteroatoms. The molecule has 0 bridgehead atoms. The van der Waals surface area contributed by atoms with Crippen LogP contribution in [-0.2, 0) is 20.7 Å². The van der Waals surface area contributed by atoms with E-state index in [0.717, 1.165) is 77.0 Å². The van der Waals surface area contributed by atoms with Gasteiger partial charge in [0.05, 0.1) is 12.2 Å². The predicted molar refractivity (Wildman–Crippen MR) is 158 cm³/mol. The van der Waals surface area contributed by atoms with Crippen molar-refractivity contribution in [3.63, 3.8) is 0 Å².